The van der Waals surface area contributed by atoms with Gasteiger partial charge in [-0.3, -0.25) is 10.1 Å². The van der Waals surface area contributed by atoms with E-state index < -0.39 is 30.1 Å². The molecule has 112 valence electrons. The van der Waals surface area contributed by atoms with Gasteiger partial charge in [-0.15, -0.1) is 0 Å². The normalized spacial score (nSPS) is 14.8. The first-order valence-corrected chi connectivity index (χ1v) is 5.46. The van der Waals surface area contributed by atoms with Gasteiger partial charge in [0.1, 0.15) is 0 Å². The van der Waals surface area contributed by atoms with Gasteiger partial charge in [0.25, 0.3) is 0 Å². The Morgan fingerprint density at radius 2 is 1.89 bits per heavy atom. The first kappa shape index (κ1) is 17.6. The number of carbonyl (C=O) groups is 2. The van der Waals surface area contributed by atoms with Crippen LogP contribution in [0.25, 0.3) is 0 Å². The van der Waals surface area contributed by atoms with Gasteiger partial charge in [0.15, 0.2) is 0 Å². The number of hydrogen-bond donors (Lipinski definition) is 3. The third-order valence-electron chi connectivity index (χ3n) is 2.44. The maximum absolute atomic E-state index is 12.6. The number of aliphatic carboxylic acids is 1. The van der Waals surface area contributed by atoms with Gasteiger partial charge in [0.2, 0.25) is 11.4 Å². The van der Waals surface area contributed by atoms with Gasteiger partial charge in [-0.2, -0.15) is 13.2 Å². The molecule has 3 N–H and O–H groups in total. The van der Waals surface area contributed by atoms with Gasteiger partial charge in [-0.05, 0) is 13.3 Å². The molecule has 0 aromatic carbocycles. The van der Waals surface area contributed by atoms with Crippen LogP contribution in [0, 0.1) is 0 Å². The molecule has 1 unspecified atom stereocenters. The van der Waals surface area contributed by atoms with E-state index in [-0.39, 0.29) is 6.54 Å². The van der Waals surface area contributed by atoms with E-state index in [0.717, 1.165) is 0 Å². The van der Waals surface area contributed by atoms with Crippen molar-refractivity contribution < 1.29 is 32.6 Å². The summed E-state index contributed by atoms with van der Waals surface area (Å²) in [5, 5.41) is 12.6. The molecule has 0 aromatic heterocycles. The van der Waals surface area contributed by atoms with E-state index in [1.54, 1.807) is 5.32 Å². The number of nitrogens with one attached hydrogen (secondary N) is 2. The van der Waals surface area contributed by atoms with Crippen LogP contribution in [-0.4, -0.2) is 55.5 Å². The number of halogens is 3. The highest BCUT2D eigenvalue weighted by Gasteiger charge is 2.57. The number of rotatable bonds is 8. The van der Waals surface area contributed by atoms with Crippen molar-refractivity contribution in [2.24, 2.45) is 0 Å². The Morgan fingerprint density at radius 3 is 2.32 bits per heavy atom. The summed E-state index contributed by atoms with van der Waals surface area (Å²) in [6.07, 6.45) is -4.49. The monoisotopic (exact) mass is 286 g/mol. The van der Waals surface area contributed by atoms with Crippen LogP contribution in [0.15, 0.2) is 0 Å². The molecule has 9 heteroatoms. The van der Waals surface area contributed by atoms with Gasteiger partial charge in [-0.25, -0.2) is 4.79 Å². The molecule has 19 heavy (non-hydrogen) atoms. The van der Waals surface area contributed by atoms with E-state index in [9.17, 15) is 22.8 Å². The van der Waals surface area contributed by atoms with E-state index in [2.05, 4.69) is 5.32 Å². The van der Waals surface area contributed by atoms with Crippen molar-refractivity contribution in [1.82, 2.24) is 10.6 Å². The summed E-state index contributed by atoms with van der Waals surface area (Å²) in [4.78, 5) is 21.9. The van der Waals surface area contributed by atoms with E-state index in [4.69, 9.17) is 9.84 Å². The van der Waals surface area contributed by atoms with Crippen LogP contribution < -0.4 is 10.6 Å². The molecule has 0 aromatic rings. The molecule has 6 nitrogen and oxygen atoms in total. The molecule has 0 saturated carbocycles. The molecule has 0 bridgehead atoms. The maximum Gasteiger partial charge on any atom is 0.417 e. The summed E-state index contributed by atoms with van der Waals surface area (Å²) in [6, 6.07) is 0. The summed E-state index contributed by atoms with van der Waals surface area (Å²) in [7, 11) is 1.48. The highest BCUT2D eigenvalue weighted by molar-refractivity contribution is 5.82. The van der Waals surface area contributed by atoms with Gasteiger partial charge in [0.05, 0.1) is 6.54 Å². The minimum absolute atomic E-state index is 0.240. The molecule has 0 saturated heterocycles. The van der Waals surface area contributed by atoms with Crippen LogP contribution in [0.1, 0.15) is 13.3 Å². The molecule has 0 aliphatic heterocycles. The molecular weight excluding hydrogens is 269 g/mol. The van der Waals surface area contributed by atoms with E-state index >= 15 is 0 Å². The number of alkyl halides is 3. The van der Waals surface area contributed by atoms with Crippen molar-refractivity contribution in [2.45, 2.75) is 25.1 Å². The lowest BCUT2D eigenvalue weighted by Gasteiger charge is -2.28. The first-order chi connectivity index (χ1) is 8.65. The Labute approximate surface area is 108 Å². The van der Waals surface area contributed by atoms with Crippen LogP contribution >= 0.6 is 0 Å². The lowest BCUT2D eigenvalue weighted by Crippen LogP contribution is -2.61. The number of amides is 1. The van der Waals surface area contributed by atoms with Gasteiger partial charge in [-0.1, -0.05) is 0 Å². The molecular formula is C10H17F3N2O4. The number of carbonyl (C=O) groups excluding carboxylic acids is 1. The number of ether oxygens (including phenoxy) is 1. The van der Waals surface area contributed by atoms with Crippen LogP contribution in [0.5, 0.6) is 0 Å². The lowest BCUT2D eigenvalue weighted by atomic mass is 10.0. The summed E-state index contributed by atoms with van der Waals surface area (Å²) >= 11 is 0. The number of methoxy groups -OCH3 is 1. The second-order valence-electron chi connectivity index (χ2n) is 3.98. The average Bonchev–Trinajstić information content (AvgIpc) is 2.29. The first-order valence-electron chi connectivity index (χ1n) is 5.46. The van der Waals surface area contributed by atoms with Gasteiger partial charge >= 0.3 is 12.1 Å². The fourth-order valence-corrected chi connectivity index (χ4v) is 1.06. The SMILES string of the molecule is COCCCNC(=O)CNC(C)(C(=O)O)C(F)(F)F. The summed E-state index contributed by atoms with van der Waals surface area (Å²) < 4.78 is 42.4. The Kier molecular flexibility index (Phi) is 6.77. The average molecular weight is 286 g/mol. The zero-order valence-corrected chi connectivity index (χ0v) is 10.6. The topological polar surface area (TPSA) is 87.7 Å². The predicted octanol–water partition coefficient (Wildman–Crippen LogP) is 0.134. The van der Waals surface area contributed by atoms with Gasteiger partial charge in [0, 0.05) is 20.3 Å². The van der Waals surface area contributed by atoms with Crippen molar-refractivity contribution in [3.8, 4) is 0 Å². The minimum atomic E-state index is -5.00. The third kappa shape index (κ3) is 5.43. The van der Waals surface area contributed by atoms with Crippen molar-refractivity contribution in [3.63, 3.8) is 0 Å². The minimum Gasteiger partial charge on any atom is -0.480 e. The van der Waals surface area contributed by atoms with Crippen LogP contribution in [0.2, 0.25) is 0 Å². The predicted molar refractivity (Wildman–Crippen MR) is 59.6 cm³/mol. The van der Waals surface area contributed by atoms with E-state index in [0.29, 0.717) is 20.0 Å². The van der Waals surface area contributed by atoms with Crippen molar-refractivity contribution in [3.05, 3.63) is 0 Å². The quantitative estimate of drug-likeness (QED) is 0.552. The third-order valence-corrected chi connectivity index (χ3v) is 2.44. The standard InChI is InChI=1S/C10H17F3N2O4/c1-9(8(17)18,10(11,12)13)15-6-7(16)14-4-3-5-19-2/h15H,3-6H2,1-2H3,(H,14,16)(H,17,18). The molecule has 1 amide bonds. The summed E-state index contributed by atoms with van der Waals surface area (Å²) in [5.74, 6) is -2.81. The fourth-order valence-electron chi connectivity index (χ4n) is 1.06. The number of hydrogen-bond acceptors (Lipinski definition) is 4. The highest BCUT2D eigenvalue weighted by Crippen LogP contribution is 2.30. The molecule has 0 rings (SSSR count). The highest BCUT2D eigenvalue weighted by atomic mass is 19.4. The zero-order valence-electron chi connectivity index (χ0n) is 10.6. The Morgan fingerprint density at radius 1 is 1.32 bits per heavy atom. The maximum atomic E-state index is 12.6. The number of carboxylic acid groups (broad SMARTS) is 1. The molecule has 0 aliphatic rings. The molecule has 0 radical (unpaired) electrons. The van der Waals surface area contributed by atoms with Crippen LogP contribution in [-0.2, 0) is 14.3 Å². The number of carboxylic acids is 1. The smallest absolute Gasteiger partial charge is 0.417 e. The molecule has 1 atom stereocenters. The zero-order chi connectivity index (χ0) is 15.1. The lowest BCUT2D eigenvalue weighted by molar-refractivity contribution is -0.205. The summed E-state index contributed by atoms with van der Waals surface area (Å²) in [5.41, 5.74) is -3.16. The van der Waals surface area contributed by atoms with Crippen molar-refractivity contribution in [1.29, 1.82) is 0 Å². The largest absolute Gasteiger partial charge is 0.480 e. The van der Waals surface area contributed by atoms with Crippen molar-refractivity contribution >= 4 is 11.9 Å². The Balaban J connectivity index is 4.28. The van der Waals surface area contributed by atoms with E-state index in [1.807, 2.05) is 0 Å². The second kappa shape index (κ2) is 7.29. The Bertz CT molecular complexity index is 322. The fraction of sp³-hybridized carbons (Fsp3) is 0.800. The summed E-state index contributed by atoms with van der Waals surface area (Å²) in [6.45, 7) is 0.371. The van der Waals surface area contributed by atoms with E-state index in [1.165, 1.54) is 7.11 Å². The molecule has 0 aliphatic carbocycles. The van der Waals surface area contributed by atoms with Crippen molar-refractivity contribution in [2.75, 3.05) is 26.8 Å². The molecule has 0 fully saturated rings. The van der Waals surface area contributed by atoms with Gasteiger partial charge < -0.3 is 15.2 Å². The Hall–Kier alpha value is -1.35. The molecule has 0 heterocycles. The second-order valence-corrected chi connectivity index (χ2v) is 3.98. The molecule has 0 spiro atoms. The van der Waals surface area contributed by atoms with Crippen LogP contribution in [0.4, 0.5) is 13.2 Å². The van der Waals surface area contributed by atoms with Crippen LogP contribution in [0.3, 0.4) is 0 Å².